The van der Waals surface area contributed by atoms with E-state index in [2.05, 4.69) is 24.4 Å². The second-order valence-corrected chi connectivity index (χ2v) is 7.65. The molecule has 1 aromatic heterocycles. The SMILES string of the molecule is CCC1(c2cccs2)OCC(=O)Nc2ccc(-c3cccc(Cl)c3)cc21. The number of carbonyl (C=O) groups excluding carboxylic acids is 1. The van der Waals surface area contributed by atoms with Gasteiger partial charge in [-0.1, -0.05) is 42.8 Å². The van der Waals surface area contributed by atoms with Crippen LogP contribution in [-0.4, -0.2) is 12.5 Å². The third-order valence-electron chi connectivity index (χ3n) is 4.75. The average molecular weight is 384 g/mol. The van der Waals surface area contributed by atoms with Crippen molar-refractivity contribution in [3.05, 3.63) is 75.4 Å². The number of ether oxygens (including phenoxy) is 1. The molecule has 1 aliphatic heterocycles. The van der Waals surface area contributed by atoms with Crippen molar-refractivity contribution in [3.63, 3.8) is 0 Å². The van der Waals surface area contributed by atoms with E-state index in [0.29, 0.717) is 5.02 Å². The summed E-state index contributed by atoms with van der Waals surface area (Å²) in [6, 6.07) is 17.9. The summed E-state index contributed by atoms with van der Waals surface area (Å²) in [7, 11) is 0. The average Bonchev–Trinajstić information content (AvgIpc) is 3.14. The smallest absolute Gasteiger partial charge is 0.250 e. The van der Waals surface area contributed by atoms with Crippen LogP contribution >= 0.6 is 22.9 Å². The Kier molecular flexibility index (Phi) is 4.57. The Morgan fingerprint density at radius 2 is 2.00 bits per heavy atom. The number of hydrogen-bond acceptors (Lipinski definition) is 3. The van der Waals surface area contributed by atoms with Crippen molar-refractivity contribution in [2.45, 2.75) is 18.9 Å². The van der Waals surface area contributed by atoms with E-state index in [0.717, 1.165) is 33.7 Å². The minimum Gasteiger partial charge on any atom is -0.355 e. The molecule has 0 radical (unpaired) electrons. The molecule has 0 aliphatic carbocycles. The maximum absolute atomic E-state index is 12.2. The number of hydrogen-bond donors (Lipinski definition) is 1. The van der Waals surface area contributed by atoms with Gasteiger partial charge in [-0.2, -0.15) is 0 Å². The third-order valence-corrected chi connectivity index (χ3v) is 6.00. The fourth-order valence-electron chi connectivity index (χ4n) is 3.47. The number of nitrogens with one attached hydrogen (secondary N) is 1. The van der Waals surface area contributed by atoms with Gasteiger partial charge in [0.2, 0.25) is 5.91 Å². The number of rotatable bonds is 3. The first-order chi connectivity index (χ1) is 12.6. The van der Waals surface area contributed by atoms with Crippen LogP contribution in [0.1, 0.15) is 23.8 Å². The lowest BCUT2D eigenvalue weighted by molar-refractivity contribution is -0.125. The van der Waals surface area contributed by atoms with E-state index in [9.17, 15) is 4.79 Å². The Morgan fingerprint density at radius 1 is 1.15 bits per heavy atom. The van der Waals surface area contributed by atoms with Gasteiger partial charge in [0.1, 0.15) is 12.2 Å². The monoisotopic (exact) mass is 383 g/mol. The van der Waals surface area contributed by atoms with Crippen molar-refractivity contribution in [3.8, 4) is 11.1 Å². The lowest BCUT2D eigenvalue weighted by Gasteiger charge is -2.32. The lowest BCUT2D eigenvalue weighted by Crippen LogP contribution is -2.30. The van der Waals surface area contributed by atoms with Crippen LogP contribution < -0.4 is 5.32 Å². The van der Waals surface area contributed by atoms with E-state index in [1.807, 2.05) is 47.8 Å². The van der Waals surface area contributed by atoms with Crippen LogP contribution in [0.2, 0.25) is 5.02 Å². The Bertz CT molecular complexity index is 954. The van der Waals surface area contributed by atoms with Crippen molar-refractivity contribution in [1.29, 1.82) is 0 Å². The van der Waals surface area contributed by atoms with E-state index in [4.69, 9.17) is 16.3 Å². The van der Waals surface area contributed by atoms with Crippen molar-refractivity contribution >= 4 is 34.5 Å². The van der Waals surface area contributed by atoms with Crippen molar-refractivity contribution in [2.75, 3.05) is 11.9 Å². The summed E-state index contributed by atoms with van der Waals surface area (Å²) in [6.45, 7) is 2.12. The van der Waals surface area contributed by atoms with Gasteiger partial charge < -0.3 is 10.1 Å². The molecule has 1 atom stereocenters. The molecular weight excluding hydrogens is 366 g/mol. The summed E-state index contributed by atoms with van der Waals surface area (Å²) < 4.78 is 6.21. The summed E-state index contributed by atoms with van der Waals surface area (Å²) in [5.41, 5.74) is 3.21. The highest BCUT2D eigenvalue weighted by Crippen LogP contribution is 2.45. The molecule has 132 valence electrons. The van der Waals surface area contributed by atoms with E-state index in [1.165, 1.54) is 0 Å². The Morgan fingerprint density at radius 3 is 2.73 bits per heavy atom. The van der Waals surface area contributed by atoms with E-state index in [1.54, 1.807) is 11.3 Å². The van der Waals surface area contributed by atoms with Gasteiger partial charge in [-0.05, 0) is 53.3 Å². The first-order valence-corrected chi connectivity index (χ1v) is 9.76. The van der Waals surface area contributed by atoms with Crippen LogP contribution in [0.5, 0.6) is 0 Å². The number of anilines is 1. The summed E-state index contributed by atoms with van der Waals surface area (Å²) in [5.74, 6) is -0.131. The van der Waals surface area contributed by atoms with Gasteiger partial charge in [-0.25, -0.2) is 0 Å². The fourth-order valence-corrected chi connectivity index (χ4v) is 4.62. The van der Waals surface area contributed by atoms with Gasteiger partial charge in [0.25, 0.3) is 0 Å². The minimum atomic E-state index is -0.642. The van der Waals surface area contributed by atoms with E-state index >= 15 is 0 Å². The highest BCUT2D eigenvalue weighted by molar-refractivity contribution is 7.10. The first kappa shape index (κ1) is 17.3. The maximum Gasteiger partial charge on any atom is 0.250 e. The standard InChI is InChI=1S/C21H18ClNO2S/c1-2-21(19-7-4-10-26-19)17-12-15(14-5-3-6-16(22)11-14)8-9-18(17)23-20(24)13-25-21/h3-12H,2,13H2,1H3,(H,23,24). The second-order valence-electron chi connectivity index (χ2n) is 6.27. The summed E-state index contributed by atoms with van der Waals surface area (Å²) >= 11 is 7.81. The maximum atomic E-state index is 12.2. The minimum absolute atomic E-state index is 0.0346. The molecule has 1 aliphatic rings. The number of halogens is 1. The molecule has 3 nitrogen and oxygen atoms in total. The predicted molar refractivity (Wildman–Crippen MR) is 107 cm³/mol. The molecule has 0 bridgehead atoms. The van der Waals surface area contributed by atoms with Crippen LogP contribution in [0.15, 0.2) is 60.0 Å². The molecule has 4 rings (SSSR count). The third kappa shape index (κ3) is 2.94. The molecule has 1 N–H and O–H groups in total. The summed E-state index contributed by atoms with van der Waals surface area (Å²) in [6.07, 6.45) is 0.731. The van der Waals surface area contributed by atoms with Gasteiger partial charge in [0.15, 0.2) is 0 Å². The summed E-state index contributed by atoms with van der Waals surface area (Å²) in [4.78, 5) is 13.3. The number of amides is 1. The molecule has 2 aromatic carbocycles. The Balaban J connectivity index is 1.93. The topological polar surface area (TPSA) is 38.3 Å². The molecule has 26 heavy (non-hydrogen) atoms. The Hall–Kier alpha value is -2.14. The van der Waals surface area contributed by atoms with Crippen LogP contribution in [0.3, 0.4) is 0 Å². The zero-order chi connectivity index (χ0) is 18.1. The molecule has 1 amide bonds. The molecule has 0 spiro atoms. The molecule has 0 saturated heterocycles. The highest BCUT2D eigenvalue weighted by atomic mass is 35.5. The zero-order valence-corrected chi connectivity index (χ0v) is 15.9. The normalized spacial score (nSPS) is 19.5. The van der Waals surface area contributed by atoms with Crippen LogP contribution in [0.25, 0.3) is 11.1 Å². The highest BCUT2D eigenvalue weighted by Gasteiger charge is 2.39. The van der Waals surface area contributed by atoms with Gasteiger partial charge in [0, 0.05) is 21.2 Å². The van der Waals surface area contributed by atoms with E-state index < -0.39 is 5.60 Å². The first-order valence-electron chi connectivity index (χ1n) is 8.50. The van der Waals surface area contributed by atoms with Gasteiger partial charge >= 0.3 is 0 Å². The van der Waals surface area contributed by atoms with Gasteiger partial charge in [-0.3, -0.25) is 4.79 Å². The van der Waals surface area contributed by atoms with Crippen LogP contribution in [-0.2, 0) is 15.1 Å². The van der Waals surface area contributed by atoms with Crippen LogP contribution in [0, 0.1) is 0 Å². The number of fused-ring (bicyclic) bond motifs is 1. The Labute approximate surface area is 161 Å². The molecule has 1 unspecified atom stereocenters. The molecule has 0 fully saturated rings. The van der Waals surface area contributed by atoms with Gasteiger partial charge in [0.05, 0.1) is 0 Å². The number of carbonyl (C=O) groups is 1. The zero-order valence-electron chi connectivity index (χ0n) is 14.3. The number of benzene rings is 2. The van der Waals surface area contributed by atoms with Crippen LogP contribution in [0.4, 0.5) is 5.69 Å². The quantitative estimate of drug-likeness (QED) is 0.630. The summed E-state index contributed by atoms with van der Waals surface area (Å²) in [5, 5.41) is 5.71. The second kappa shape index (κ2) is 6.88. The number of thiophene rings is 1. The van der Waals surface area contributed by atoms with Crippen molar-refractivity contribution in [2.24, 2.45) is 0 Å². The predicted octanol–water partition coefficient (Wildman–Crippen LogP) is 5.69. The van der Waals surface area contributed by atoms with Crippen molar-refractivity contribution in [1.82, 2.24) is 0 Å². The molecule has 2 heterocycles. The fraction of sp³-hybridized carbons (Fsp3) is 0.190. The van der Waals surface area contributed by atoms with E-state index in [-0.39, 0.29) is 12.5 Å². The van der Waals surface area contributed by atoms with Gasteiger partial charge in [-0.15, -0.1) is 11.3 Å². The van der Waals surface area contributed by atoms with Crippen molar-refractivity contribution < 1.29 is 9.53 Å². The largest absolute Gasteiger partial charge is 0.355 e. The molecule has 3 aromatic rings. The molecule has 0 saturated carbocycles. The molecular formula is C21H18ClNO2S. The lowest BCUT2D eigenvalue weighted by atomic mass is 9.86. The molecule has 5 heteroatoms.